The van der Waals surface area contributed by atoms with Crippen molar-refractivity contribution >= 4 is 0 Å². The van der Waals surface area contributed by atoms with Gasteiger partial charge in [0.15, 0.2) is 0 Å². The molecule has 1 saturated carbocycles. The van der Waals surface area contributed by atoms with Crippen molar-refractivity contribution in [3.63, 3.8) is 0 Å². The van der Waals surface area contributed by atoms with Crippen LogP contribution in [0.15, 0.2) is 24.3 Å². The topological polar surface area (TPSA) is 21.3 Å². The fourth-order valence-electron chi connectivity index (χ4n) is 4.00. The third kappa shape index (κ3) is 2.21. The predicted octanol–water partition coefficient (Wildman–Crippen LogP) is 3.04. The second kappa shape index (κ2) is 5.26. The van der Waals surface area contributed by atoms with Gasteiger partial charge in [-0.25, -0.2) is 0 Å². The summed E-state index contributed by atoms with van der Waals surface area (Å²) in [4.78, 5) is 0. The molecular formula is C17H25NO. The molecule has 1 aromatic carbocycles. The molecule has 2 aliphatic rings. The Morgan fingerprint density at radius 3 is 2.32 bits per heavy atom. The maximum atomic E-state index is 5.64. The number of rotatable bonds is 3. The molecule has 2 heteroatoms. The van der Waals surface area contributed by atoms with Crippen LogP contribution in [0.3, 0.4) is 0 Å². The average molecular weight is 259 g/mol. The average Bonchev–Trinajstić information content (AvgIpc) is 2.40. The lowest BCUT2D eigenvalue weighted by atomic mass is 9.62. The van der Waals surface area contributed by atoms with Gasteiger partial charge in [-0.05, 0) is 56.7 Å². The Hall–Kier alpha value is -0.860. The molecule has 1 saturated heterocycles. The van der Waals surface area contributed by atoms with Gasteiger partial charge in [0.05, 0.1) is 13.2 Å². The van der Waals surface area contributed by atoms with E-state index < -0.39 is 0 Å². The summed E-state index contributed by atoms with van der Waals surface area (Å²) in [5, 5.41) is 3.43. The van der Waals surface area contributed by atoms with Gasteiger partial charge in [-0.3, -0.25) is 0 Å². The summed E-state index contributed by atoms with van der Waals surface area (Å²) in [6.45, 7) is 4.09. The summed E-state index contributed by atoms with van der Waals surface area (Å²) >= 11 is 0. The van der Waals surface area contributed by atoms with E-state index in [1.807, 2.05) is 0 Å². The monoisotopic (exact) mass is 259 g/mol. The Morgan fingerprint density at radius 1 is 1.11 bits per heavy atom. The van der Waals surface area contributed by atoms with Crippen molar-refractivity contribution in [3.05, 3.63) is 35.4 Å². The molecule has 0 radical (unpaired) electrons. The van der Waals surface area contributed by atoms with Gasteiger partial charge in [0.2, 0.25) is 0 Å². The van der Waals surface area contributed by atoms with E-state index in [9.17, 15) is 0 Å². The Balaban J connectivity index is 1.82. The minimum Gasteiger partial charge on any atom is -0.379 e. The SMILES string of the molecule is CNC1CCC(C2(c3ccccc3C)COC2)CC1. The van der Waals surface area contributed by atoms with Gasteiger partial charge in [0.25, 0.3) is 0 Å². The molecule has 0 spiro atoms. The summed E-state index contributed by atoms with van der Waals surface area (Å²) in [7, 11) is 2.09. The number of aryl methyl sites for hydroxylation is 1. The van der Waals surface area contributed by atoms with Crippen molar-refractivity contribution in [2.24, 2.45) is 5.92 Å². The third-order valence-electron chi connectivity index (χ3n) is 5.32. The highest BCUT2D eigenvalue weighted by Crippen LogP contribution is 2.46. The van der Waals surface area contributed by atoms with Crippen molar-refractivity contribution in [3.8, 4) is 0 Å². The van der Waals surface area contributed by atoms with Crippen LogP contribution >= 0.6 is 0 Å². The van der Waals surface area contributed by atoms with Gasteiger partial charge in [0.1, 0.15) is 0 Å². The number of benzene rings is 1. The zero-order chi connectivity index (χ0) is 13.3. The van der Waals surface area contributed by atoms with E-state index in [1.165, 1.54) is 36.8 Å². The second-order valence-corrected chi connectivity index (χ2v) is 6.30. The molecule has 0 atom stereocenters. The van der Waals surface area contributed by atoms with Crippen molar-refractivity contribution in [2.75, 3.05) is 20.3 Å². The van der Waals surface area contributed by atoms with E-state index in [0.717, 1.165) is 25.2 Å². The highest BCUT2D eigenvalue weighted by atomic mass is 16.5. The molecule has 1 aliphatic carbocycles. The maximum Gasteiger partial charge on any atom is 0.0588 e. The van der Waals surface area contributed by atoms with E-state index in [2.05, 4.69) is 43.6 Å². The van der Waals surface area contributed by atoms with E-state index in [0.29, 0.717) is 5.41 Å². The quantitative estimate of drug-likeness (QED) is 0.901. The zero-order valence-electron chi connectivity index (χ0n) is 12.1. The lowest BCUT2D eigenvalue weighted by Gasteiger charge is -2.50. The van der Waals surface area contributed by atoms with Crippen LogP contribution < -0.4 is 5.32 Å². The van der Waals surface area contributed by atoms with Crippen LogP contribution in [0.5, 0.6) is 0 Å². The number of nitrogens with one attached hydrogen (secondary N) is 1. The molecule has 0 bridgehead atoms. The highest BCUT2D eigenvalue weighted by Gasteiger charge is 2.48. The molecule has 1 aliphatic heterocycles. The summed E-state index contributed by atoms with van der Waals surface area (Å²) in [5.41, 5.74) is 3.28. The number of ether oxygens (including phenoxy) is 1. The van der Waals surface area contributed by atoms with Gasteiger partial charge in [-0.2, -0.15) is 0 Å². The van der Waals surface area contributed by atoms with Crippen LogP contribution in [0.2, 0.25) is 0 Å². The first-order valence-corrected chi connectivity index (χ1v) is 7.57. The first-order valence-electron chi connectivity index (χ1n) is 7.57. The second-order valence-electron chi connectivity index (χ2n) is 6.30. The van der Waals surface area contributed by atoms with Crippen molar-refractivity contribution in [1.82, 2.24) is 5.32 Å². The fourth-order valence-corrected chi connectivity index (χ4v) is 4.00. The molecule has 3 rings (SSSR count). The highest BCUT2D eigenvalue weighted by molar-refractivity contribution is 5.36. The Morgan fingerprint density at radius 2 is 1.79 bits per heavy atom. The van der Waals surface area contributed by atoms with Gasteiger partial charge >= 0.3 is 0 Å². The van der Waals surface area contributed by atoms with Crippen molar-refractivity contribution in [1.29, 1.82) is 0 Å². The molecule has 104 valence electrons. The van der Waals surface area contributed by atoms with Gasteiger partial charge < -0.3 is 10.1 Å². The van der Waals surface area contributed by atoms with Crippen LogP contribution in [0.1, 0.15) is 36.8 Å². The summed E-state index contributed by atoms with van der Waals surface area (Å²) < 4.78 is 5.64. The molecule has 1 aromatic rings. The molecule has 0 amide bonds. The van der Waals surface area contributed by atoms with Crippen LogP contribution in [-0.4, -0.2) is 26.3 Å². The zero-order valence-corrected chi connectivity index (χ0v) is 12.1. The van der Waals surface area contributed by atoms with E-state index in [1.54, 1.807) is 0 Å². The summed E-state index contributed by atoms with van der Waals surface area (Å²) in [6, 6.07) is 9.62. The molecule has 2 nitrogen and oxygen atoms in total. The maximum absolute atomic E-state index is 5.64. The molecular weight excluding hydrogens is 234 g/mol. The van der Waals surface area contributed by atoms with Gasteiger partial charge in [0, 0.05) is 11.5 Å². The van der Waals surface area contributed by atoms with Crippen LogP contribution in [0, 0.1) is 12.8 Å². The standard InChI is InChI=1S/C17H25NO/c1-13-5-3-4-6-16(13)17(11-19-12-17)14-7-9-15(18-2)10-8-14/h3-6,14-15,18H,7-12H2,1-2H3. The Kier molecular flexibility index (Phi) is 3.64. The largest absolute Gasteiger partial charge is 0.379 e. The molecule has 19 heavy (non-hydrogen) atoms. The molecule has 1 heterocycles. The smallest absolute Gasteiger partial charge is 0.0588 e. The molecule has 2 fully saturated rings. The lowest BCUT2D eigenvalue weighted by Crippen LogP contribution is -2.54. The minimum atomic E-state index is 0.310. The Bertz CT molecular complexity index is 431. The Labute approximate surface area is 116 Å². The molecule has 0 unspecified atom stereocenters. The van der Waals surface area contributed by atoms with E-state index in [-0.39, 0.29) is 0 Å². The third-order valence-corrected chi connectivity index (χ3v) is 5.32. The molecule has 0 aromatic heterocycles. The van der Waals surface area contributed by atoms with Crippen LogP contribution in [0.25, 0.3) is 0 Å². The summed E-state index contributed by atoms with van der Waals surface area (Å²) in [5.74, 6) is 0.798. The fraction of sp³-hybridized carbons (Fsp3) is 0.647. The normalized spacial score (nSPS) is 29.8. The van der Waals surface area contributed by atoms with E-state index >= 15 is 0 Å². The lowest BCUT2D eigenvalue weighted by molar-refractivity contribution is -0.0991. The number of hydrogen-bond donors (Lipinski definition) is 1. The molecule has 1 N–H and O–H groups in total. The minimum absolute atomic E-state index is 0.310. The van der Waals surface area contributed by atoms with Crippen molar-refractivity contribution in [2.45, 2.75) is 44.1 Å². The van der Waals surface area contributed by atoms with Crippen molar-refractivity contribution < 1.29 is 4.74 Å². The van der Waals surface area contributed by atoms with Crippen LogP contribution in [-0.2, 0) is 10.2 Å². The summed E-state index contributed by atoms with van der Waals surface area (Å²) in [6.07, 6.45) is 5.30. The van der Waals surface area contributed by atoms with Gasteiger partial charge in [-0.1, -0.05) is 24.3 Å². The first-order chi connectivity index (χ1) is 9.26. The number of hydrogen-bond acceptors (Lipinski definition) is 2. The first kappa shape index (κ1) is 13.1. The van der Waals surface area contributed by atoms with Crippen LogP contribution in [0.4, 0.5) is 0 Å². The predicted molar refractivity (Wildman–Crippen MR) is 78.5 cm³/mol. The van der Waals surface area contributed by atoms with Gasteiger partial charge in [-0.15, -0.1) is 0 Å². The van der Waals surface area contributed by atoms with E-state index in [4.69, 9.17) is 4.74 Å².